The largest absolute Gasteiger partial charge is 0.488 e. The predicted molar refractivity (Wildman–Crippen MR) is 150 cm³/mol. The average Bonchev–Trinajstić information content (AvgIpc) is 3.19. The number of rotatable bonds is 6. The Balaban J connectivity index is 1.47. The molecule has 0 atom stereocenters. The molecule has 8 heteroatoms. The predicted octanol–water partition coefficient (Wildman–Crippen LogP) is 8.65. The lowest BCUT2D eigenvalue weighted by molar-refractivity contribution is -0.124. The third-order valence-electron chi connectivity index (χ3n) is 6.39. The normalized spacial score (nSPS) is 18.7. The SMILES string of the molecule is O=C1/C(=C/c2cc(Cl)ccc2OCc2cccc(Cl)c2)SC(=Nc2ccccc2F)N1C1CCCCC1. The van der Waals surface area contributed by atoms with E-state index in [1.807, 2.05) is 24.3 Å². The molecule has 1 amide bonds. The maximum Gasteiger partial charge on any atom is 0.267 e. The van der Waals surface area contributed by atoms with E-state index in [0.29, 0.717) is 38.0 Å². The second-order valence-corrected chi connectivity index (χ2v) is 10.9. The molecule has 37 heavy (non-hydrogen) atoms. The zero-order valence-electron chi connectivity index (χ0n) is 20.0. The van der Waals surface area contributed by atoms with Crippen molar-refractivity contribution in [3.63, 3.8) is 0 Å². The number of aliphatic imine (C=N–C) groups is 1. The molecule has 0 radical (unpaired) electrons. The van der Waals surface area contributed by atoms with Gasteiger partial charge in [0, 0.05) is 21.7 Å². The number of hydrogen-bond acceptors (Lipinski definition) is 4. The van der Waals surface area contributed by atoms with Gasteiger partial charge >= 0.3 is 0 Å². The summed E-state index contributed by atoms with van der Waals surface area (Å²) in [6.45, 7) is 0.313. The van der Waals surface area contributed by atoms with Crippen molar-refractivity contribution in [1.82, 2.24) is 4.90 Å². The minimum absolute atomic E-state index is 0.0445. The van der Waals surface area contributed by atoms with E-state index in [1.165, 1.54) is 17.8 Å². The van der Waals surface area contributed by atoms with Crippen molar-refractivity contribution in [3.05, 3.63) is 98.6 Å². The summed E-state index contributed by atoms with van der Waals surface area (Å²) < 4.78 is 20.5. The Labute approximate surface area is 230 Å². The van der Waals surface area contributed by atoms with Crippen LogP contribution in [0, 0.1) is 5.82 Å². The number of carbonyl (C=O) groups is 1. The number of thioether (sulfide) groups is 1. The fraction of sp³-hybridized carbons (Fsp3) is 0.241. The number of halogens is 3. The number of amidine groups is 1. The molecular weight excluding hydrogens is 530 g/mol. The number of hydrogen-bond donors (Lipinski definition) is 0. The molecule has 1 heterocycles. The molecule has 2 fully saturated rings. The van der Waals surface area contributed by atoms with E-state index >= 15 is 0 Å². The van der Waals surface area contributed by atoms with Gasteiger partial charge < -0.3 is 4.74 Å². The lowest BCUT2D eigenvalue weighted by Gasteiger charge is -2.30. The molecule has 1 aliphatic carbocycles. The van der Waals surface area contributed by atoms with Gasteiger partial charge in [-0.15, -0.1) is 0 Å². The van der Waals surface area contributed by atoms with Crippen LogP contribution in [0.4, 0.5) is 10.1 Å². The molecule has 0 spiro atoms. The topological polar surface area (TPSA) is 41.9 Å². The second-order valence-electron chi connectivity index (χ2n) is 9.02. The highest BCUT2D eigenvalue weighted by atomic mass is 35.5. The lowest BCUT2D eigenvalue weighted by atomic mass is 9.94. The Morgan fingerprint density at radius 3 is 2.57 bits per heavy atom. The van der Waals surface area contributed by atoms with E-state index in [4.69, 9.17) is 27.9 Å². The van der Waals surface area contributed by atoms with Gasteiger partial charge in [-0.3, -0.25) is 9.69 Å². The summed E-state index contributed by atoms with van der Waals surface area (Å²) in [6.07, 6.45) is 6.86. The van der Waals surface area contributed by atoms with Crippen LogP contribution in [0.2, 0.25) is 10.0 Å². The van der Waals surface area contributed by atoms with Crippen molar-refractivity contribution in [3.8, 4) is 5.75 Å². The van der Waals surface area contributed by atoms with Gasteiger partial charge in [-0.05, 0) is 78.7 Å². The fourth-order valence-electron chi connectivity index (χ4n) is 4.56. The molecule has 1 saturated carbocycles. The maximum absolute atomic E-state index is 14.4. The molecule has 0 unspecified atom stereocenters. The monoisotopic (exact) mass is 554 g/mol. The van der Waals surface area contributed by atoms with Crippen LogP contribution >= 0.6 is 35.0 Å². The summed E-state index contributed by atoms with van der Waals surface area (Å²) in [6, 6.07) is 19.2. The van der Waals surface area contributed by atoms with Gasteiger partial charge in [0.2, 0.25) is 0 Å². The number of carbonyl (C=O) groups excluding carboxylic acids is 1. The van der Waals surface area contributed by atoms with Gasteiger partial charge in [0.15, 0.2) is 5.17 Å². The lowest BCUT2D eigenvalue weighted by Crippen LogP contribution is -2.40. The molecule has 3 aromatic rings. The van der Waals surface area contributed by atoms with Crippen molar-refractivity contribution in [2.45, 2.75) is 44.8 Å². The van der Waals surface area contributed by atoms with E-state index in [-0.39, 0.29) is 17.6 Å². The minimum Gasteiger partial charge on any atom is -0.488 e. The summed E-state index contributed by atoms with van der Waals surface area (Å²) in [5.74, 6) is 0.0392. The van der Waals surface area contributed by atoms with Crippen molar-refractivity contribution < 1.29 is 13.9 Å². The minimum atomic E-state index is -0.421. The summed E-state index contributed by atoms with van der Waals surface area (Å²) in [5.41, 5.74) is 1.82. The Kier molecular flexibility index (Phi) is 8.18. The van der Waals surface area contributed by atoms with Crippen LogP contribution in [0.15, 0.2) is 76.6 Å². The number of amides is 1. The van der Waals surface area contributed by atoms with E-state index in [0.717, 1.165) is 37.7 Å². The van der Waals surface area contributed by atoms with Crippen molar-refractivity contribution >= 4 is 57.8 Å². The summed E-state index contributed by atoms with van der Waals surface area (Å²) in [7, 11) is 0. The Morgan fingerprint density at radius 1 is 1.00 bits per heavy atom. The molecule has 0 N–H and O–H groups in total. The van der Waals surface area contributed by atoms with Crippen LogP contribution in [-0.4, -0.2) is 22.0 Å². The molecule has 0 aromatic heterocycles. The highest BCUT2D eigenvalue weighted by Gasteiger charge is 2.39. The molecule has 5 rings (SSSR count). The van der Waals surface area contributed by atoms with Gasteiger partial charge in [0.25, 0.3) is 5.91 Å². The smallest absolute Gasteiger partial charge is 0.267 e. The molecule has 4 nitrogen and oxygen atoms in total. The highest BCUT2D eigenvalue weighted by molar-refractivity contribution is 8.18. The first-order valence-electron chi connectivity index (χ1n) is 12.2. The van der Waals surface area contributed by atoms with Gasteiger partial charge in [0.05, 0.1) is 4.91 Å². The van der Waals surface area contributed by atoms with Crippen molar-refractivity contribution in [2.24, 2.45) is 4.99 Å². The maximum atomic E-state index is 14.4. The first-order chi connectivity index (χ1) is 18.0. The van der Waals surface area contributed by atoms with Crippen LogP contribution in [0.3, 0.4) is 0 Å². The molecule has 2 aliphatic rings. The number of benzene rings is 3. The number of ether oxygens (including phenoxy) is 1. The van der Waals surface area contributed by atoms with E-state index < -0.39 is 5.82 Å². The molecule has 190 valence electrons. The van der Waals surface area contributed by atoms with E-state index in [2.05, 4.69) is 4.99 Å². The third-order valence-corrected chi connectivity index (χ3v) is 7.84. The average molecular weight is 556 g/mol. The first kappa shape index (κ1) is 25.8. The van der Waals surface area contributed by atoms with E-state index in [1.54, 1.807) is 47.4 Å². The van der Waals surface area contributed by atoms with Crippen molar-refractivity contribution in [2.75, 3.05) is 0 Å². The fourth-order valence-corrected chi connectivity index (χ4v) is 6.00. The van der Waals surface area contributed by atoms with Crippen LogP contribution in [-0.2, 0) is 11.4 Å². The Hall–Kier alpha value is -2.80. The van der Waals surface area contributed by atoms with Crippen LogP contribution < -0.4 is 4.74 Å². The van der Waals surface area contributed by atoms with Gasteiger partial charge in [-0.1, -0.05) is 66.7 Å². The molecule has 0 bridgehead atoms. The molecular formula is C29H25Cl2FN2O2S. The Bertz CT molecular complexity index is 1370. The third kappa shape index (κ3) is 6.20. The Morgan fingerprint density at radius 2 is 1.78 bits per heavy atom. The standard InChI is InChI=1S/C29H25Cl2FN2O2S/c30-21-8-6-7-19(15-21)18-36-26-14-13-22(31)16-20(26)17-27-28(35)34(23-9-2-1-3-10-23)29(37-27)33-25-12-5-4-11-24(25)32/h4-8,11-17,23H,1-3,9-10,18H2/b27-17-,33-29?. The molecule has 3 aromatic carbocycles. The molecule has 1 saturated heterocycles. The van der Waals surface area contributed by atoms with Gasteiger partial charge in [0.1, 0.15) is 23.9 Å². The van der Waals surface area contributed by atoms with E-state index in [9.17, 15) is 9.18 Å². The van der Waals surface area contributed by atoms with Crippen LogP contribution in [0.5, 0.6) is 5.75 Å². The summed E-state index contributed by atoms with van der Waals surface area (Å²) >= 11 is 13.7. The van der Waals surface area contributed by atoms with Crippen LogP contribution in [0.1, 0.15) is 43.2 Å². The second kappa shape index (κ2) is 11.7. The van der Waals surface area contributed by atoms with Gasteiger partial charge in [-0.2, -0.15) is 0 Å². The summed E-state index contributed by atoms with van der Waals surface area (Å²) in [4.78, 5) is 20.5. The van der Waals surface area contributed by atoms with Crippen LogP contribution in [0.25, 0.3) is 6.08 Å². The quantitative estimate of drug-likeness (QED) is 0.286. The zero-order chi connectivity index (χ0) is 25.8. The summed E-state index contributed by atoms with van der Waals surface area (Å²) in [5, 5.41) is 1.66. The molecule has 1 aliphatic heterocycles. The number of para-hydroxylation sites is 1. The highest BCUT2D eigenvalue weighted by Crippen LogP contribution is 2.40. The van der Waals surface area contributed by atoms with Gasteiger partial charge in [-0.25, -0.2) is 9.38 Å². The number of nitrogens with zero attached hydrogens (tertiary/aromatic N) is 2. The van der Waals surface area contributed by atoms with Crippen molar-refractivity contribution in [1.29, 1.82) is 0 Å². The first-order valence-corrected chi connectivity index (χ1v) is 13.8. The zero-order valence-corrected chi connectivity index (χ0v) is 22.3.